The molecule has 0 bridgehead atoms. The number of carbonyl (C=O) groups is 2. The number of fused-ring (bicyclic) bond motifs is 1. The number of carbonyl (C=O) groups excluding carboxylic acids is 2. The fraction of sp³-hybridized carbons (Fsp3) is 0.286. The predicted molar refractivity (Wildman–Crippen MR) is 149 cm³/mol. The molecule has 43 heavy (non-hydrogen) atoms. The second-order valence-electron chi connectivity index (χ2n) is 9.47. The number of likely N-dealkylation sites (N-methyl/N-ethyl adjacent to an activating group) is 1. The maximum absolute atomic E-state index is 14.6. The zero-order valence-corrected chi connectivity index (χ0v) is 25.0. The van der Waals surface area contributed by atoms with E-state index in [0.29, 0.717) is 4.31 Å². The van der Waals surface area contributed by atoms with Gasteiger partial charge in [0.15, 0.2) is 5.75 Å². The number of methoxy groups -OCH3 is 2. The Kier molecular flexibility index (Phi) is 8.60. The summed E-state index contributed by atoms with van der Waals surface area (Å²) in [5.74, 6) is -3.01. The van der Waals surface area contributed by atoms with Gasteiger partial charge < -0.3 is 23.8 Å². The van der Waals surface area contributed by atoms with Gasteiger partial charge >= 0.3 is 6.36 Å². The molecule has 1 heterocycles. The summed E-state index contributed by atoms with van der Waals surface area (Å²) in [6.45, 7) is 1.37. The van der Waals surface area contributed by atoms with Crippen molar-refractivity contribution in [2.24, 2.45) is 0 Å². The van der Waals surface area contributed by atoms with E-state index in [1.807, 2.05) is 0 Å². The van der Waals surface area contributed by atoms with Crippen LogP contribution in [0.3, 0.4) is 0 Å². The summed E-state index contributed by atoms with van der Waals surface area (Å²) in [6, 6.07) is 12.5. The Morgan fingerprint density at radius 1 is 0.977 bits per heavy atom. The maximum atomic E-state index is 14.6. The fourth-order valence-corrected chi connectivity index (χ4v) is 6.49. The first-order valence-corrected chi connectivity index (χ1v) is 14.3. The van der Waals surface area contributed by atoms with Crippen molar-refractivity contribution in [3.63, 3.8) is 0 Å². The summed E-state index contributed by atoms with van der Waals surface area (Å²) < 4.78 is 89.6. The molecule has 3 aromatic rings. The smallest absolute Gasteiger partial charge is 0.497 e. The van der Waals surface area contributed by atoms with Gasteiger partial charge in [0.2, 0.25) is 5.60 Å². The van der Waals surface area contributed by atoms with Crippen molar-refractivity contribution >= 4 is 39.1 Å². The number of alkyl halides is 3. The molecule has 0 aliphatic carbocycles. The fourth-order valence-electron chi connectivity index (χ4n) is 4.76. The highest BCUT2D eigenvalue weighted by molar-refractivity contribution is 7.93. The normalized spacial score (nSPS) is 17.3. The molecule has 0 saturated heterocycles. The van der Waals surface area contributed by atoms with E-state index in [4.69, 9.17) is 25.8 Å². The van der Waals surface area contributed by atoms with Crippen molar-refractivity contribution in [1.82, 2.24) is 4.90 Å². The molecule has 0 fully saturated rings. The molecule has 0 aromatic heterocycles. The highest BCUT2D eigenvalue weighted by Gasteiger charge is 2.60. The first-order chi connectivity index (χ1) is 20.1. The Labute approximate surface area is 250 Å². The van der Waals surface area contributed by atoms with E-state index < -0.39 is 50.6 Å². The SMILES string of the molecule is COc1ccc(S(=O)(=O)N2C(=O)C(O[C@@H](C)C(=O)N(C)C)(c3ccccc3OC)c3cc(Cl)ccc32)c(OC(F)(F)F)c1. The Morgan fingerprint density at radius 2 is 1.65 bits per heavy atom. The molecule has 3 aromatic carbocycles. The maximum Gasteiger partial charge on any atom is 0.573 e. The molecule has 230 valence electrons. The molecule has 0 saturated carbocycles. The third kappa shape index (κ3) is 5.69. The van der Waals surface area contributed by atoms with Gasteiger partial charge in [-0.25, -0.2) is 8.42 Å². The summed E-state index contributed by atoms with van der Waals surface area (Å²) in [4.78, 5) is 27.8. The predicted octanol–water partition coefficient (Wildman–Crippen LogP) is 4.73. The summed E-state index contributed by atoms with van der Waals surface area (Å²) in [5.41, 5.74) is -2.71. The van der Waals surface area contributed by atoms with Gasteiger partial charge in [-0.05, 0) is 43.3 Å². The molecule has 15 heteroatoms. The minimum atomic E-state index is -5.29. The van der Waals surface area contributed by atoms with Crippen molar-refractivity contribution in [2.45, 2.75) is 29.9 Å². The highest BCUT2D eigenvalue weighted by atomic mass is 35.5. The number of ether oxygens (including phenoxy) is 4. The Balaban J connectivity index is 2.05. The molecule has 1 unspecified atom stereocenters. The highest BCUT2D eigenvalue weighted by Crippen LogP contribution is 2.53. The molecule has 2 amide bonds. The molecule has 1 aliphatic heterocycles. The number of hydrogen-bond donors (Lipinski definition) is 0. The molecule has 1 aliphatic rings. The van der Waals surface area contributed by atoms with Crippen molar-refractivity contribution in [3.05, 3.63) is 76.8 Å². The molecule has 0 radical (unpaired) electrons. The van der Waals surface area contributed by atoms with E-state index in [0.717, 1.165) is 18.2 Å². The second kappa shape index (κ2) is 11.6. The van der Waals surface area contributed by atoms with Crippen LogP contribution in [0.4, 0.5) is 18.9 Å². The first-order valence-electron chi connectivity index (χ1n) is 12.4. The summed E-state index contributed by atoms with van der Waals surface area (Å²) in [5, 5.41) is 0.0748. The standard InChI is InChI=1S/C28H26ClF3N2O8S/c1-16(25(35)33(2)3)41-27(19-8-6-7-9-22(19)40-5)20-14-17(29)10-12-21(20)34(26(27)36)43(37,38)24-13-11-18(39-4)15-23(24)42-28(30,31)32/h6-16H,1-5H3/t16-,27?/m0/s1. The quantitative estimate of drug-likeness (QED) is 0.330. The van der Waals surface area contributed by atoms with Crippen LogP contribution < -0.4 is 18.5 Å². The molecular formula is C28H26ClF3N2O8S. The zero-order valence-electron chi connectivity index (χ0n) is 23.4. The van der Waals surface area contributed by atoms with E-state index in [-0.39, 0.29) is 33.3 Å². The largest absolute Gasteiger partial charge is 0.573 e. The van der Waals surface area contributed by atoms with Crippen LogP contribution in [-0.4, -0.2) is 65.9 Å². The number of halogens is 4. The van der Waals surface area contributed by atoms with Crippen LogP contribution in [0.15, 0.2) is 65.6 Å². The van der Waals surface area contributed by atoms with Crippen LogP contribution in [-0.2, 0) is 30.0 Å². The number of amides is 2. The van der Waals surface area contributed by atoms with Crippen LogP contribution >= 0.6 is 11.6 Å². The Morgan fingerprint density at radius 3 is 2.26 bits per heavy atom. The van der Waals surface area contributed by atoms with Crippen LogP contribution in [0.1, 0.15) is 18.1 Å². The average molecular weight is 643 g/mol. The van der Waals surface area contributed by atoms with E-state index in [9.17, 15) is 31.2 Å². The van der Waals surface area contributed by atoms with Crippen molar-refractivity contribution in [3.8, 4) is 17.2 Å². The van der Waals surface area contributed by atoms with Crippen molar-refractivity contribution < 1.29 is 50.1 Å². The summed E-state index contributed by atoms with van der Waals surface area (Å²) in [7, 11) is 0.229. The van der Waals surface area contributed by atoms with E-state index in [2.05, 4.69) is 4.74 Å². The van der Waals surface area contributed by atoms with Gasteiger partial charge in [0.1, 0.15) is 22.5 Å². The van der Waals surface area contributed by atoms with E-state index >= 15 is 0 Å². The minimum Gasteiger partial charge on any atom is -0.497 e. The number of anilines is 1. The minimum absolute atomic E-state index is 0.0172. The van der Waals surface area contributed by atoms with Crippen LogP contribution in [0.5, 0.6) is 17.2 Å². The van der Waals surface area contributed by atoms with E-state index in [1.54, 1.807) is 6.07 Å². The summed E-state index contributed by atoms with van der Waals surface area (Å²) >= 11 is 6.32. The van der Waals surface area contributed by atoms with Crippen LogP contribution in [0.25, 0.3) is 0 Å². The van der Waals surface area contributed by atoms with Gasteiger partial charge in [-0.3, -0.25) is 9.59 Å². The molecule has 0 spiro atoms. The van der Waals surface area contributed by atoms with Crippen LogP contribution in [0.2, 0.25) is 5.02 Å². The molecule has 10 nitrogen and oxygen atoms in total. The van der Waals surface area contributed by atoms with Crippen molar-refractivity contribution in [1.29, 1.82) is 0 Å². The molecule has 2 atom stereocenters. The van der Waals surface area contributed by atoms with Gasteiger partial charge in [-0.2, -0.15) is 4.31 Å². The Hall–Kier alpha value is -4.01. The number of sulfonamides is 1. The zero-order chi connectivity index (χ0) is 31.9. The topological polar surface area (TPSA) is 112 Å². The number of nitrogens with zero attached hydrogens (tertiary/aromatic N) is 2. The lowest BCUT2D eigenvalue weighted by molar-refractivity contribution is -0.275. The molecule has 0 N–H and O–H groups in total. The number of hydrogen-bond acceptors (Lipinski definition) is 8. The number of rotatable bonds is 9. The monoisotopic (exact) mass is 642 g/mol. The van der Waals surface area contributed by atoms with Gasteiger partial charge in [0, 0.05) is 36.3 Å². The van der Waals surface area contributed by atoms with Crippen LogP contribution in [0, 0.1) is 0 Å². The van der Waals surface area contributed by atoms with Crippen molar-refractivity contribution in [2.75, 3.05) is 32.6 Å². The lowest BCUT2D eigenvalue weighted by atomic mass is 9.86. The average Bonchev–Trinajstić information content (AvgIpc) is 3.19. The summed E-state index contributed by atoms with van der Waals surface area (Å²) in [6.07, 6.45) is -6.62. The van der Waals surface area contributed by atoms with E-state index in [1.165, 1.54) is 76.5 Å². The number of para-hydroxylation sites is 1. The molecular weight excluding hydrogens is 617 g/mol. The lowest BCUT2D eigenvalue weighted by Gasteiger charge is -2.33. The van der Waals surface area contributed by atoms with Gasteiger partial charge in [-0.1, -0.05) is 29.8 Å². The molecule has 4 rings (SSSR count). The lowest BCUT2D eigenvalue weighted by Crippen LogP contribution is -2.49. The second-order valence-corrected chi connectivity index (χ2v) is 11.7. The third-order valence-electron chi connectivity index (χ3n) is 6.57. The number of benzene rings is 3. The van der Waals surface area contributed by atoms with Gasteiger partial charge in [0.05, 0.1) is 19.9 Å². The van der Waals surface area contributed by atoms with Gasteiger partial charge in [0.25, 0.3) is 21.8 Å². The third-order valence-corrected chi connectivity index (χ3v) is 8.54. The first kappa shape index (κ1) is 31.9. The Bertz CT molecular complexity index is 1680. The van der Waals surface area contributed by atoms with Gasteiger partial charge in [-0.15, -0.1) is 13.2 Å².